The normalized spacial score (nSPS) is 15.0. The molecule has 3 rings (SSSR count). The Hall–Kier alpha value is -1.52. The number of nitrogens with zero attached hydrogens (tertiary/aromatic N) is 2. The maximum atomic E-state index is 6.12. The van der Waals surface area contributed by atoms with Crippen LogP contribution in [0.25, 0.3) is 11.3 Å². The van der Waals surface area contributed by atoms with Gasteiger partial charge in [0, 0.05) is 0 Å². The van der Waals surface area contributed by atoms with Crippen LogP contribution in [-0.4, -0.2) is 37.6 Å². The summed E-state index contributed by atoms with van der Waals surface area (Å²) >= 11 is 0.0162. The summed E-state index contributed by atoms with van der Waals surface area (Å²) in [5.74, 6) is 2.15. The molecule has 1 aliphatic heterocycles. The van der Waals surface area contributed by atoms with E-state index in [1.807, 2.05) is 32.9 Å². The molecule has 2 aromatic rings. The van der Waals surface area contributed by atoms with Crippen molar-refractivity contribution in [3.63, 3.8) is 0 Å². The molecule has 2 heterocycles. The summed E-state index contributed by atoms with van der Waals surface area (Å²) in [5, 5.41) is 4.30. The van der Waals surface area contributed by atoms with Crippen LogP contribution in [0.15, 0.2) is 12.1 Å². The third-order valence-corrected chi connectivity index (χ3v) is 5.38. The van der Waals surface area contributed by atoms with Crippen LogP contribution in [-0.2, 0) is 5.60 Å². The first-order valence-corrected chi connectivity index (χ1v) is 8.06. The van der Waals surface area contributed by atoms with E-state index in [-0.39, 0.29) is 20.3 Å². The van der Waals surface area contributed by atoms with Gasteiger partial charge < -0.3 is 0 Å². The van der Waals surface area contributed by atoms with E-state index >= 15 is 0 Å². The zero-order valence-corrected chi connectivity index (χ0v) is 13.6. The van der Waals surface area contributed by atoms with Gasteiger partial charge in [-0.05, 0) is 0 Å². The number of methoxy groups -OCH3 is 1. The van der Waals surface area contributed by atoms with E-state index < -0.39 is 0 Å². The van der Waals surface area contributed by atoms with Crippen LogP contribution < -0.4 is 14.2 Å². The van der Waals surface area contributed by atoms with E-state index in [1.165, 1.54) is 4.44 Å². The van der Waals surface area contributed by atoms with E-state index in [9.17, 15) is 0 Å². The second kappa shape index (κ2) is 4.79. The molecule has 0 amide bonds. The van der Waals surface area contributed by atoms with Crippen molar-refractivity contribution < 1.29 is 14.2 Å². The summed E-state index contributed by atoms with van der Waals surface area (Å²) < 4.78 is 22.5. The van der Waals surface area contributed by atoms with Gasteiger partial charge in [-0.2, -0.15) is 0 Å². The van der Waals surface area contributed by atoms with Crippen molar-refractivity contribution in [3.05, 3.63) is 16.6 Å². The molecule has 1 aliphatic rings. The molecule has 0 fully saturated rings. The third kappa shape index (κ3) is 2.00. The molecule has 6 heteroatoms. The fraction of sp³-hybridized carbons (Fsp3) is 0.429. The minimum absolute atomic E-state index is 0.0162. The van der Waals surface area contributed by atoms with Crippen LogP contribution in [0.4, 0.5) is 0 Å². The van der Waals surface area contributed by atoms with Crippen molar-refractivity contribution in [1.29, 1.82) is 0 Å². The molecule has 0 atom stereocenters. The second-order valence-corrected chi connectivity index (χ2v) is 6.58. The summed E-state index contributed by atoms with van der Waals surface area (Å²) in [6, 6.07) is 3.80. The van der Waals surface area contributed by atoms with Crippen molar-refractivity contribution >= 4 is 14.7 Å². The van der Waals surface area contributed by atoms with Crippen LogP contribution in [0.3, 0.4) is 0 Å². The Morgan fingerprint density at radius 2 is 2.10 bits per heavy atom. The van der Waals surface area contributed by atoms with Crippen molar-refractivity contribution in [2.45, 2.75) is 26.4 Å². The minimum atomic E-state index is -0.371. The molecular formula is C14H16N2O3Se. The molecule has 0 N–H and O–H groups in total. The van der Waals surface area contributed by atoms with Gasteiger partial charge in [-0.15, -0.1) is 0 Å². The number of hydrogen-bond donors (Lipinski definition) is 0. The average molecular weight is 339 g/mol. The molecule has 0 spiro atoms. The Morgan fingerprint density at radius 3 is 2.80 bits per heavy atom. The van der Waals surface area contributed by atoms with Crippen LogP contribution in [0.5, 0.6) is 17.2 Å². The average Bonchev–Trinajstić information content (AvgIpc) is 2.89. The Bertz CT molecular complexity index is 652. The summed E-state index contributed by atoms with van der Waals surface area (Å²) in [6.45, 7) is 6.62. The van der Waals surface area contributed by atoms with E-state index in [0.29, 0.717) is 18.1 Å². The summed E-state index contributed by atoms with van der Waals surface area (Å²) in [6.07, 6.45) is 0. The quantitative estimate of drug-likeness (QED) is 0.803. The molecule has 106 valence electrons. The zero-order valence-electron chi connectivity index (χ0n) is 11.9. The molecule has 1 aromatic heterocycles. The van der Waals surface area contributed by atoms with Crippen molar-refractivity contribution in [2.75, 3.05) is 13.7 Å². The van der Waals surface area contributed by atoms with Gasteiger partial charge in [-0.3, -0.25) is 0 Å². The number of ether oxygens (including phenoxy) is 3. The van der Waals surface area contributed by atoms with Gasteiger partial charge in [0.25, 0.3) is 0 Å². The molecule has 5 nitrogen and oxygen atoms in total. The number of rotatable bonds is 3. The maximum absolute atomic E-state index is 6.12. The first-order chi connectivity index (χ1) is 9.56. The number of fused-ring (bicyclic) bond motifs is 3. The van der Waals surface area contributed by atoms with Gasteiger partial charge in [0.15, 0.2) is 0 Å². The topological polar surface area (TPSA) is 53.5 Å². The van der Waals surface area contributed by atoms with Gasteiger partial charge in [-0.25, -0.2) is 0 Å². The van der Waals surface area contributed by atoms with Crippen molar-refractivity contribution in [3.8, 4) is 28.5 Å². The van der Waals surface area contributed by atoms with Gasteiger partial charge in [0.2, 0.25) is 0 Å². The number of hydrogen-bond acceptors (Lipinski definition) is 5. The van der Waals surface area contributed by atoms with Crippen LogP contribution in [0, 0.1) is 0 Å². The van der Waals surface area contributed by atoms with E-state index in [0.717, 1.165) is 17.0 Å². The van der Waals surface area contributed by atoms with Crippen LogP contribution >= 0.6 is 0 Å². The molecular weight excluding hydrogens is 323 g/mol. The Balaban J connectivity index is 2.19. The van der Waals surface area contributed by atoms with E-state index in [1.54, 1.807) is 7.11 Å². The zero-order chi connectivity index (χ0) is 14.3. The molecule has 0 aliphatic carbocycles. The SMILES string of the molecule is CCOc1cc2c(cc1OC)-c1nn[se]c1C(C)(C)O2. The predicted molar refractivity (Wildman–Crippen MR) is 75.8 cm³/mol. The van der Waals surface area contributed by atoms with Crippen LogP contribution in [0.2, 0.25) is 0 Å². The second-order valence-electron chi connectivity index (χ2n) is 5.00. The Morgan fingerprint density at radius 1 is 1.30 bits per heavy atom. The monoisotopic (exact) mass is 340 g/mol. The van der Waals surface area contributed by atoms with Crippen molar-refractivity contribution in [1.82, 2.24) is 9.19 Å². The molecule has 0 bridgehead atoms. The predicted octanol–water partition coefficient (Wildman–Crippen LogP) is 2.24. The van der Waals surface area contributed by atoms with Crippen LogP contribution in [0.1, 0.15) is 25.2 Å². The molecule has 1 aromatic carbocycles. The number of benzene rings is 1. The number of aromatic nitrogens is 2. The standard InChI is InChI=1S/C14H16N2O3Se/c1-5-18-11-7-9-8(6-10(11)17-4)12-13(20-16-15-12)14(2,3)19-9/h6-7H,5H2,1-4H3. The Labute approximate surface area is 123 Å². The van der Waals surface area contributed by atoms with Crippen molar-refractivity contribution in [2.24, 2.45) is 0 Å². The molecule has 0 unspecified atom stereocenters. The third-order valence-electron chi connectivity index (χ3n) is 3.22. The van der Waals surface area contributed by atoms with E-state index in [2.05, 4.69) is 9.19 Å². The molecule has 0 saturated carbocycles. The molecule has 20 heavy (non-hydrogen) atoms. The first kappa shape index (κ1) is 13.5. The summed E-state index contributed by atoms with van der Waals surface area (Å²) in [7, 11) is 1.63. The van der Waals surface area contributed by atoms with Gasteiger partial charge in [0.1, 0.15) is 0 Å². The molecule has 0 radical (unpaired) electrons. The Kier molecular flexibility index (Phi) is 3.22. The molecule has 0 saturated heterocycles. The van der Waals surface area contributed by atoms with Gasteiger partial charge >= 0.3 is 123 Å². The van der Waals surface area contributed by atoms with Gasteiger partial charge in [0.05, 0.1) is 0 Å². The fourth-order valence-corrected chi connectivity index (χ4v) is 3.80. The van der Waals surface area contributed by atoms with E-state index in [4.69, 9.17) is 14.2 Å². The summed E-state index contributed by atoms with van der Waals surface area (Å²) in [4.78, 5) is 0. The fourth-order valence-electron chi connectivity index (χ4n) is 2.32. The van der Waals surface area contributed by atoms with Gasteiger partial charge in [-0.1, -0.05) is 0 Å². The summed E-state index contributed by atoms with van der Waals surface area (Å²) in [5.41, 5.74) is 1.49. The first-order valence-electron chi connectivity index (χ1n) is 6.44.